The minimum absolute atomic E-state index is 1.06. The van der Waals surface area contributed by atoms with Crippen molar-refractivity contribution in [3.63, 3.8) is 0 Å². The molecule has 0 radical (unpaired) electrons. The van der Waals surface area contributed by atoms with Gasteiger partial charge in [0.05, 0.1) is 0 Å². The topological polar surface area (TPSA) is 0 Å². The van der Waals surface area contributed by atoms with Gasteiger partial charge in [-0.15, -0.1) is 0 Å². The van der Waals surface area contributed by atoms with E-state index in [1.54, 1.807) is 0 Å². The third-order valence-electron chi connectivity index (χ3n) is 3.02. The van der Waals surface area contributed by atoms with Gasteiger partial charge < -0.3 is 0 Å². The van der Waals surface area contributed by atoms with Gasteiger partial charge in [0, 0.05) is 11.1 Å². The zero-order valence-electron chi connectivity index (χ0n) is 11.0. The Kier molecular flexibility index (Phi) is 4.20. The van der Waals surface area contributed by atoms with Gasteiger partial charge in [0.25, 0.3) is 0 Å². The zero-order chi connectivity index (χ0) is 12.8. The fourth-order valence-corrected chi connectivity index (χ4v) is 1.88. The van der Waals surface area contributed by atoms with E-state index in [-0.39, 0.29) is 0 Å². The lowest BCUT2D eigenvalue weighted by molar-refractivity contribution is 1.14. The van der Waals surface area contributed by atoms with Crippen LogP contribution in [0.25, 0.3) is 0 Å². The van der Waals surface area contributed by atoms with Gasteiger partial charge in [-0.25, -0.2) is 0 Å². The van der Waals surface area contributed by atoms with Crippen LogP contribution in [0.5, 0.6) is 0 Å². The van der Waals surface area contributed by atoms with Crippen molar-refractivity contribution in [3.05, 3.63) is 70.8 Å². The predicted octanol–water partition coefficient (Wildman–Crippen LogP) is 4.21. The van der Waals surface area contributed by atoms with Gasteiger partial charge in [-0.2, -0.15) is 0 Å². The standard InChI is InChI=1S/C18H18/c1-3-15-7-5-9-17(13-15)11-12-18-10-6-8-16(4-2)14-18/h5-10,13-14H,3-4H2,1-2H3. The van der Waals surface area contributed by atoms with Crippen LogP contribution in [0.1, 0.15) is 36.1 Å². The number of aryl methyl sites for hydroxylation is 2. The molecular weight excluding hydrogens is 216 g/mol. The van der Waals surface area contributed by atoms with E-state index in [1.807, 2.05) is 0 Å². The molecule has 0 heterocycles. The maximum Gasteiger partial charge on any atom is 0.0251 e. The minimum Gasteiger partial charge on any atom is -0.0616 e. The maximum atomic E-state index is 3.24. The molecule has 2 rings (SSSR count). The van der Waals surface area contributed by atoms with Crippen LogP contribution in [0.15, 0.2) is 48.5 Å². The van der Waals surface area contributed by atoms with Crippen LogP contribution in [0, 0.1) is 11.8 Å². The first kappa shape index (κ1) is 12.5. The first-order valence-corrected chi connectivity index (χ1v) is 6.51. The summed E-state index contributed by atoms with van der Waals surface area (Å²) in [5.74, 6) is 6.47. The molecule has 0 amide bonds. The molecule has 0 aromatic heterocycles. The fraction of sp³-hybridized carbons (Fsp3) is 0.222. The van der Waals surface area contributed by atoms with Gasteiger partial charge in [0.1, 0.15) is 0 Å². The Morgan fingerprint density at radius 3 is 1.56 bits per heavy atom. The van der Waals surface area contributed by atoms with Crippen molar-refractivity contribution in [2.45, 2.75) is 26.7 Å². The highest BCUT2D eigenvalue weighted by atomic mass is 14.0. The van der Waals surface area contributed by atoms with E-state index in [4.69, 9.17) is 0 Å². The van der Waals surface area contributed by atoms with Crippen molar-refractivity contribution < 1.29 is 0 Å². The molecule has 0 bridgehead atoms. The third-order valence-corrected chi connectivity index (χ3v) is 3.02. The molecule has 0 spiro atoms. The lowest BCUT2D eigenvalue weighted by Crippen LogP contribution is -1.83. The highest BCUT2D eigenvalue weighted by Crippen LogP contribution is 2.07. The molecule has 0 saturated heterocycles. The van der Waals surface area contributed by atoms with Crippen LogP contribution in [0.4, 0.5) is 0 Å². The van der Waals surface area contributed by atoms with E-state index in [1.165, 1.54) is 11.1 Å². The average Bonchev–Trinajstić information content (AvgIpc) is 2.45. The molecule has 0 aliphatic heterocycles. The number of rotatable bonds is 2. The van der Waals surface area contributed by atoms with Crippen molar-refractivity contribution in [2.24, 2.45) is 0 Å². The molecule has 2 aromatic carbocycles. The average molecular weight is 234 g/mol. The summed E-state index contributed by atoms with van der Waals surface area (Å²) in [6.45, 7) is 4.33. The highest BCUT2D eigenvalue weighted by Gasteiger charge is 1.92. The van der Waals surface area contributed by atoms with Crippen molar-refractivity contribution in [2.75, 3.05) is 0 Å². The second-order valence-corrected chi connectivity index (χ2v) is 4.36. The Morgan fingerprint density at radius 1 is 0.722 bits per heavy atom. The Labute approximate surface area is 110 Å². The summed E-state index contributed by atoms with van der Waals surface area (Å²) in [4.78, 5) is 0. The second-order valence-electron chi connectivity index (χ2n) is 4.36. The summed E-state index contributed by atoms with van der Waals surface area (Å²) in [5, 5.41) is 0. The predicted molar refractivity (Wildman–Crippen MR) is 77.6 cm³/mol. The van der Waals surface area contributed by atoms with E-state index in [0.717, 1.165) is 24.0 Å². The summed E-state index contributed by atoms with van der Waals surface area (Å²) in [6.07, 6.45) is 2.11. The van der Waals surface area contributed by atoms with Crippen molar-refractivity contribution >= 4 is 0 Å². The van der Waals surface area contributed by atoms with Crippen LogP contribution < -0.4 is 0 Å². The molecule has 0 heteroatoms. The van der Waals surface area contributed by atoms with Crippen LogP contribution in [0.3, 0.4) is 0 Å². The van der Waals surface area contributed by atoms with E-state index in [2.05, 4.69) is 74.2 Å². The summed E-state index contributed by atoms with van der Waals surface area (Å²) >= 11 is 0. The molecule has 0 nitrogen and oxygen atoms in total. The SMILES string of the molecule is CCc1cccc(C#Cc2cccc(CC)c2)c1. The Hall–Kier alpha value is -2.00. The maximum absolute atomic E-state index is 3.24. The third kappa shape index (κ3) is 3.25. The molecule has 0 N–H and O–H groups in total. The largest absolute Gasteiger partial charge is 0.0616 e. The Bertz CT molecular complexity index is 531. The van der Waals surface area contributed by atoms with Gasteiger partial charge in [-0.3, -0.25) is 0 Å². The molecule has 90 valence electrons. The van der Waals surface area contributed by atoms with Crippen LogP contribution in [0.2, 0.25) is 0 Å². The molecule has 2 aromatic rings. The smallest absolute Gasteiger partial charge is 0.0251 e. The first-order chi connectivity index (χ1) is 8.81. The van der Waals surface area contributed by atoms with Crippen LogP contribution >= 0.6 is 0 Å². The van der Waals surface area contributed by atoms with E-state index in [9.17, 15) is 0 Å². The highest BCUT2D eigenvalue weighted by molar-refractivity contribution is 5.44. The van der Waals surface area contributed by atoms with Crippen LogP contribution in [-0.2, 0) is 12.8 Å². The van der Waals surface area contributed by atoms with Crippen molar-refractivity contribution in [1.82, 2.24) is 0 Å². The minimum atomic E-state index is 1.06. The van der Waals surface area contributed by atoms with Gasteiger partial charge in [-0.05, 0) is 48.2 Å². The van der Waals surface area contributed by atoms with E-state index >= 15 is 0 Å². The normalized spacial score (nSPS) is 9.67. The Balaban J connectivity index is 2.24. The summed E-state index contributed by atoms with van der Waals surface area (Å²) in [7, 11) is 0. The zero-order valence-corrected chi connectivity index (χ0v) is 11.0. The fourth-order valence-electron chi connectivity index (χ4n) is 1.88. The monoisotopic (exact) mass is 234 g/mol. The van der Waals surface area contributed by atoms with E-state index < -0.39 is 0 Å². The number of hydrogen-bond acceptors (Lipinski definition) is 0. The molecule has 0 aliphatic carbocycles. The molecule has 0 saturated carbocycles. The molecule has 18 heavy (non-hydrogen) atoms. The molecule has 0 atom stereocenters. The van der Waals surface area contributed by atoms with Crippen molar-refractivity contribution in [3.8, 4) is 11.8 Å². The van der Waals surface area contributed by atoms with Gasteiger partial charge in [0.2, 0.25) is 0 Å². The van der Waals surface area contributed by atoms with Gasteiger partial charge in [0.15, 0.2) is 0 Å². The molecule has 0 unspecified atom stereocenters. The molecular formula is C18H18. The summed E-state index contributed by atoms with van der Waals surface area (Å²) in [5.41, 5.74) is 4.86. The Morgan fingerprint density at radius 2 is 1.17 bits per heavy atom. The van der Waals surface area contributed by atoms with Gasteiger partial charge in [-0.1, -0.05) is 50.0 Å². The summed E-state index contributed by atoms with van der Waals surface area (Å²) < 4.78 is 0. The number of hydrogen-bond donors (Lipinski definition) is 0. The first-order valence-electron chi connectivity index (χ1n) is 6.51. The lowest BCUT2D eigenvalue weighted by atomic mass is 10.1. The quantitative estimate of drug-likeness (QED) is 0.683. The van der Waals surface area contributed by atoms with E-state index in [0.29, 0.717) is 0 Å². The second kappa shape index (κ2) is 6.07. The van der Waals surface area contributed by atoms with Crippen molar-refractivity contribution in [1.29, 1.82) is 0 Å². The van der Waals surface area contributed by atoms with Gasteiger partial charge >= 0.3 is 0 Å². The lowest BCUT2D eigenvalue weighted by Gasteiger charge is -1.97. The van der Waals surface area contributed by atoms with Crippen LogP contribution in [-0.4, -0.2) is 0 Å². The molecule has 0 aliphatic rings. The molecule has 0 fully saturated rings. The number of benzene rings is 2. The summed E-state index contributed by atoms with van der Waals surface area (Å²) in [6, 6.07) is 16.9.